The van der Waals surface area contributed by atoms with E-state index in [0.29, 0.717) is 23.9 Å². The van der Waals surface area contributed by atoms with E-state index >= 15 is 0 Å². The highest BCUT2D eigenvalue weighted by Gasteiger charge is 2.63. The first-order valence-corrected chi connectivity index (χ1v) is 10.6. The topological polar surface area (TPSA) is 83.5 Å². The van der Waals surface area contributed by atoms with E-state index in [1.165, 1.54) is 0 Å². The maximum atomic E-state index is 12.6. The number of nitrogens with one attached hydrogen (secondary N) is 1. The van der Waals surface area contributed by atoms with E-state index in [2.05, 4.69) is 25.2 Å². The van der Waals surface area contributed by atoms with Crippen molar-refractivity contribution in [1.29, 1.82) is 0 Å². The standard InChI is InChI=1S/C22H28N6O2/c1-14-4-5-15(10-25-14)21(29)26-11-16-17-12-28(13-22(17)7-6-18(16)30-22)20-19(27(2)3)23-8-9-24-20/h4-5,8-10,16-18H,6-7,11-13H2,1-3H3,(H,26,29)/t16-,17+,18+,22+/m0/s1. The Morgan fingerprint density at radius 2 is 2.13 bits per heavy atom. The lowest BCUT2D eigenvalue weighted by Gasteiger charge is -2.29. The lowest BCUT2D eigenvalue weighted by atomic mass is 9.73. The molecular weight excluding hydrogens is 380 g/mol. The molecule has 0 unspecified atom stereocenters. The fraction of sp³-hybridized carbons (Fsp3) is 0.545. The molecule has 3 fully saturated rings. The Bertz CT molecular complexity index is 949. The quantitative estimate of drug-likeness (QED) is 0.806. The molecule has 0 aromatic carbocycles. The number of carbonyl (C=O) groups excluding carboxylic acids is 1. The molecule has 0 aliphatic carbocycles. The maximum Gasteiger partial charge on any atom is 0.252 e. The minimum absolute atomic E-state index is 0.0713. The summed E-state index contributed by atoms with van der Waals surface area (Å²) < 4.78 is 6.54. The average Bonchev–Trinajstić information content (AvgIpc) is 3.41. The second-order valence-electron chi connectivity index (χ2n) is 8.91. The Labute approximate surface area is 176 Å². The van der Waals surface area contributed by atoms with Crippen molar-refractivity contribution in [3.63, 3.8) is 0 Å². The van der Waals surface area contributed by atoms with Gasteiger partial charge < -0.3 is 19.9 Å². The molecule has 8 heteroatoms. The molecule has 3 aliphatic heterocycles. The lowest BCUT2D eigenvalue weighted by molar-refractivity contribution is 0.0141. The predicted molar refractivity (Wildman–Crippen MR) is 114 cm³/mol. The Hall–Kier alpha value is -2.74. The molecule has 5 rings (SSSR count). The molecule has 0 saturated carbocycles. The molecule has 2 bridgehead atoms. The summed E-state index contributed by atoms with van der Waals surface area (Å²) in [6, 6.07) is 3.69. The summed E-state index contributed by atoms with van der Waals surface area (Å²) in [5, 5.41) is 3.13. The van der Waals surface area contributed by atoms with Crippen LogP contribution in [0.15, 0.2) is 30.7 Å². The summed E-state index contributed by atoms with van der Waals surface area (Å²) in [5.74, 6) is 2.40. The van der Waals surface area contributed by atoms with Crippen molar-refractivity contribution in [3.8, 4) is 0 Å². The second-order valence-corrected chi connectivity index (χ2v) is 8.91. The van der Waals surface area contributed by atoms with Gasteiger partial charge in [0.25, 0.3) is 5.91 Å². The Kier molecular flexibility index (Phi) is 4.61. The molecule has 0 radical (unpaired) electrons. The molecule has 1 N–H and O–H groups in total. The summed E-state index contributed by atoms with van der Waals surface area (Å²) >= 11 is 0. The average molecular weight is 409 g/mol. The molecule has 4 atom stereocenters. The van der Waals surface area contributed by atoms with Crippen molar-refractivity contribution in [2.75, 3.05) is 43.5 Å². The number of amides is 1. The SMILES string of the molecule is Cc1ccc(C(=O)NC[C@H]2[C@H]3CN(c4nccnc4N(C)C)C[C@]34CC[C@H]2O4)cn1. The molecule has 1 amide bonds. The first-order chi connectivity index (χ1) is 14.5. The number of hydrogen-bond acceptors (Lipinski definition) is 7. The summed E-state index contributed by atoms with van der Waals surface area (Å²) in [5.41, 5.74) is 1.37. The molecule has 3 saturated heterocycles. The molecule has 3 aliphatic rings. The number of ether oxygens (including phenoxy) is 1. The number of carbonyl (C=O) groups is 1. The molecule has 8 nitrogen and oxygen atoms in total. The van der Waals surface area contributed by atoms with E-state index in [0.717, 1.165) is 43.3 Å². The highest BCUT2D eigenvalue weighted by molar-refractivity contribution is 5.93. The van der Waals surface area contributed by atoms with Crippen LogP contribution in [0.3, 0.4) is 0 Å². The van der Waals surface area contributed by atoms with Gasteiger partial charge in [0.05, 0.1) is 17.3 Å². The lowest BCUT2D eigenvalue weighted by Crippen LogP contribution is -2.41. The minimum atomic E-state index is -0.132. The fourth-order valence-corrected chi connectivity index (χ4v) is 5.40. The van der Waals surface area contributed by atoms with Crippen molar-refractivity contribution >= 4 is 17.5 Å². The Morgan fingerprint density at radius 3 is 2.90 bits per heavy atom. The smallest absolute Gasteiger partial charge is 0.252 e. The van der Waals surface area contributed by atoms with Crippen LogP contribution in [0, 0.1) is 18.8 Å². The van der Waals surface area contributed by atoms with Crippen LogP contribution >= 0.6 is 0 Å². The largest absolute Gasteiger partial charge is 0.369 e. The van der Waals surface area contributed by atoms with Crippen LogP contribution in [0.5, 0.6) is 0 Å². The van der Waals surface area contributed by atoms with E-state index in [4.69, 9.17) is 4.74 Å². The molecular formula is C22H28N6O2. The van der Waals surface area contributed by atoms with E-state index in [9.17, 15) is 4.79 Å². The van der Waals surface area contributed by atoms with Crippen molar-refractivity contribution in [2.45, 2.75) is 31.5 Å². The van der Waals surface area contributed by atoms with Crippen molar-refractivity contribution in [3.05, 3.63) is 42.0 Å². The van der Waals surface area contributed by atoms with Gasteiger partial charge >= 0.3 is 0 Å². The van der Waals surface area contributed by atoms with Gasteiger partial charge in [0.2, 0.25) is 0 Å². The van der Waals surface area contributed by atoms with Gasteiger partial charge in [-0.15, -0.1) is 0 Å². The van der Waals surface area contributed by atoms with Crippen LogP contribution in [0.4, 0.5) is 11.6 Å². The number of anilines is 2. The van der Waals surface area contributed by atoms with Gasteiger partial charge in [-0.05, 0) is 31.9 Å². The van der Waals surface area contributed by atoms with Crippen LogP contribution in [0.1, 0.15) is 28.9 Å². The van der Waals surface area contributed by atoms with E-state index < -0.39 is 0 Å². The molecule has 2 aromatic heterocycles. The van der Waals surface area contributed by atoms with Crippen molar-refractivity contribution in [2.24, 2.45) is 11.8 Å². The van der Waals surface area contributed by atoms with Crippen molar-refractivity contribution in [1.82, 2.24) is 20.3 Å². The number of nitrogens with zero attached hydrogens (tertiary/aromatic N) is 5. The monoisotopic (exact) mass is 408 g/mol. The Morgan fingerprint density at radius 1 is 1.30 bits per heavy atom. The molecule has 5 heterocycles. The highest BCUT2D eigenvalue weighted by atomic mass is 16.5. The minimum Gasteiger partial charge on any atom is -0.369 e. The van der Waals surface area contributed by atoms with Gasteiger partial charge in [-0.2, -0.15) is 0 Å². The predicted octanol–water partition coefficient (Wildman–Crippen LogP) is 1.66. The van der Waals surface area contributed by atoms with Crippen molar-refractivity contribution < 1.29 is 9.53 Å². The first-order valence-electron chi connectivity index (χ1n) is 10.6. The first kappa shape index (κ1) is 19.2. The van der Waals surface area contributed by atoms with E-state index in [-0.39, 0.29) is 17.6 Å². The summed E-state index contributed by atoms with van der Waals surface area (Å²) in [6.45, 7) is 4.25. The third kappa shape index (κ3) is 3.10. The van der Waals surface area contributed by atoms with Crippen LogP contribution in [-0.4, -0.2) is 66.3 Å². The number of rotatable bonds is 5. The number of hydrogen-bond donors (Lipinski definition) is 1. The summed E-state index contributed by atoms with van der Waals surface area (Å²) in [6.07, 6.45) is 7.47. The normalized spacial score (nSPS) is 29.2. The third-order valence-electron chi connectivity index (χ3n) is 6.84. The molecule has 1 spiro atoms. The van der Waals surface area contributed by atoms with Crippen LogP contribution in [0.2, 0.25) is 0 Å². The fourth-order valence-electron chi connectivity index (χ4n) is 5.40. The number of aromatic nitrogens is 3. The molecule has 30 heavy (non-hydrogen) atoms. The zero-order chi connectivity index (χ0) is 20.9. The molecule has 2 aromatic rings. The number of fused-ring (bicyclic) bond motifs is 1. The zero-order valence-corrected chi connectivity index (χ0v) is 17.7. The van der Waals surface area contributed by atoms with Gasteiger partial charge in [-0.25, -0.2) is 9.97 Å². The van der Waals surface area contributed by atoms with Gasteiger partial charge in [-0.3, -0.25) is 9.78 Å². The number of aryl methyl sites for hydroxylation is 1. The van der Waals surface area contributed by atoms with Gasteiger partial charge in [0.1, 0.15) is 0 Å². The van der Waals surface area contributed by atoms with Gasteiger partial charge in [-0.1, -0.05) is 0 Å². The van der Waals surface area contributed by atoms with Gasteiger partial charge in [0.15, 0.2) is 11.6 Å². The molecule has 158 valence electrons. The zero-order valence-electron chi connectivity index (χ0n) is 17.7. The Balaban J connectivity index is 1.31. The van der Waals surface area contributed by atoms with Crippen LogP contribution in [-0.2, 0) is 4.74 Å². The highest BCUT2D eigenvalue weighted by Crippen LogP contribution is 2.55. The third-order valence-corrected chi connectivity index (χ3v) is 6.84. The summed E-state index contributed by atoms with van der Waals surface area (Å²) in [7, 11) is 3.98. The number of pyridine rings is 1. The maximum absolute atomic E-state index is 12.6. The van der Waals surface area contributed by atoms with E-state index in [1.54, 1.807) is 18.6 Å². The van der Waals surface area contributed by atoms with Crippen LogP contribution in [0.25, 0.3) is 0 Å². The summed E-state index contributed by atoms with van der Waals surface area (Å²) in [4.78, 5) is 30.3. The van der Waals surface area contributed by atoms with Gasteiger partial charge in [0, 0.05) is 69.8 Å². The second kappa shape index (κ2) is 7.19. The van der Waals surface area contributed by atoms with Crippen LogP contribution < -0.4 is 15.1 Å². The van der Waals surface area contributed by atoms with E-state index in [1.807, 2.05) is 38.1 Å².